The number of carboxylic acid groups (broad SMARTS) is 1. The molecule has 2 rings (SSSR count). The van der Waals surface area contributed by atoms with Gasteiger partial charge >= 0.3 is 12.0 Å². The lowest BCUT2D eigenvalue weighted by Crippen LogP contribution is -2.53. The molecule has 0 radical (unpaired) electrons. The third-order valence-electron chi connectivity index (χ3n) is 3.70. The molecule has 2 N–H and O–H groups in total. The maximum absolute atomic E-state index is 12.8. The molecule has 1 unspecified atom stereocenters. The molecule has 0 aliphatic carbocycles. The van der Waals surface area contributed by atoms with Crippen LogP contribution in [0.4, 0.5) is 9.18 Å². The Morgan fingerprint density at radius 3 is 2.65 bits per heavy atom. The first-order valence-electron chi connectivity index (χ1n) is 6.47. The van der Waals surface area contributed by atoms with Gasteiger partial charge in [-0.3, -0.25) is 0 Å². The van der Waals surface area contributed by atoms with E-state index in [1.54, 1.807) is 19.1 Å². The van der Waals surface area contributed by atoms with E-state index in [-0.39, 0.29) is 12.4 Å². The first-order chi connectivity index (χ1) is 9.43. The average Bonchev–Trinajstić information content (AvgIpc) is 2.81. The largest absolute Gasteiger partial charge is 0.480 e. The number of hydrogen-bond donors (Lipinski definition) is 2. The van der Waals surface area contributed by atoms with Gasteiger partial charge in [0.15, 0.2) is 0 Å². The molecule has 1 aromatic carbocycles. The predicted molar refractivity (Wildman–Crippen MR) is 70.6 cm³/mol. The van der Waals surface area contributed by atoms with Gasteiger partial charge in [-0.2, -0.15) is 0 Å². The zero-order chi connectivity index (χ0) is 14.8. The number of hydrogen-bond acceptors (Lipinski definition) is 2. The van der Waals surface area contributed by atoms with E-state index >= 15 is 0 Å². The fourth-order valence-electron chi connectivity index (χ4n) is 2.39. The Kier molecular flexibility index (Phi) is 3.92. The van der Waals surface area contributed by atoms with Crippen molar-refractivity contribution in [2.24, 2.45) is 0 Å². The number of amides is 2. The van der Waals surface area contributed by atoms with Crippen molar-refractivity contribution in [1.29, 1.82) is 0 Å². The Hall–Kier alpha value is -2.11. The first-order valence-corrected chi connectivity index (χ1v) is 6.47. The topological polar surface area (TPSA) is 69.6 Å². The Bertz CT molecular complexity index is 518. The van der Waals surface area contributed by atoms with Crippen LogP contribution in [0.2, 0.25) is 0 Å². The van der Waals surface area contributed by atoms with Crippen molar-refractivity contribution in [3.8, 4) is 0 Å². The molecule has 5 nitrogen and oxygen atoms in total. The Morgan fingerprint density at radius 1 is 1.40 bits per heavy atom. The number of carbonyl (C=O) groups is 2. The van der Waals surface area contributed by atoms with E-state index in [2.05, 4.69) is 5.32 Å². The lowest BCUT2D eigenvalue weighted by molar-refractivity contribution is -0.147. The van der Waals surface area contributed by atoms with Crippen molar-refractivity contribution in [2.75, 3.05) is 6.54 Å². The Labute approximate surface area is 116 Å². The van der Waals surface area contributed by atoms with E-state index in [0.29, 0.717) is 19.4 Å². The monoisotopic (exact) mass is 280 g/mol. The van der Waals surface area contributed by atoms with Gasteiger partial charge in [0.05, 0.1) is 0 Å². The minimum Gasteiger partial charge on any atom is -0.480 e. The smallest absolute Gasteiger partial charge is 0.329 e. The molecule has 108 valence electrons. The van der Waals surface area contributed by atoms with Crippen LogP contribution < -0.4 is 5.32 Å². The van der Waals surface area contributed by atoms with E-state index in [0.717, 1.165) is 5.56 Å². The van der Waals surface area contributed by atoms with Crippen molar-refractivity contribution in [2.45, 2.75) is 31.8 Å². The highest BCUT2D eigenvalue weighted by Gasteiger charge is 2.45. The summed E-state index contributed by atoms with van der Waals surface area (Å²) in [6.45, 7) is 2.23. The normalized spacial score (nSPS) is 21.8. The van der Waals surface area contributed by atoms with Gasteiger partial charge in [-0.15, -0.1) is 0 Å². The van der Waals surface area contributed by atoms with Crippen LogP contribution in [-0.2, 0) is 11.3 Å². The summed E-state index contributed by atoms with van der Waals surface area (Å²) in [4.78, 5) is 24.7. The van der Waals surface area contributed by atoms with Crippen LogP contribution in [0.15, 0.2) is 24.3 Å². The number of nitrogens with one attached hydrogen (secondary N) is 1. The molecule has 0 spiro atoms. The fraction of sp³-hybridized carbons (Fsp3) is 0.429. The molecule has 1 atom stereocenters. The SMILES string of the molecule is CC1(C(=O)O)CCCN1C(=O)NCc1ccc(F)cc1. The second-order valence-corrected chi connectivity index (χ2v) is 5.12. The molecule has 1 aromatic rings. The first kappa shape index (κ1) is 14.3. The molecule has 6 heteroatoms. The van der Waals surface area contributed by atoms with Crippen LogP contribution >= 0.6 is 0 Å². The quantitative estimate of drug-likeness (QED) is 0.889. The van der Waals surface area contributed by atoms with Gasteiger partial charge in [0.25, 0.3) is 0 Å². The molecule has 0 aromatic heterocycles. The minimum absolute atomic E-state index is 0.241. The molecule has 0 bridgehead atoms. The second-order valence-electron chi connectivity index (χ2n) is 5.12. The van der Waals surface area contributed by atoms with Crippen molar-refractivity contribution in [3.05, 3.63) is 35.6 Å². The van der Waals surface area contributed by atoms with Crippen LogP contribution in [0.1, 0.15) is 25.3 Å². The van der Waals surface area contributed by atoms with Crippen LogP contribution in [0.5, 0.6) is 0 Å². The standard InChI is InChI=1S/C14H17FN2O3/c1-14(12(18)19)7-2-8-17(14)13(20)16-9-10-3-5-11(15)6-4-10/h3-6H,2,7-9H2,1H3,(H,16,20)(H,18,19). The zero-order valence-electron chi connectivity index (χ0n) is 11.2. The molecule has 20 heavy (non-hydrogen) atoms. The summed E-state index contributed by atoms with van der Waals surface area (Å²) in [5, 5.41) is 11.9. The summed E-state index contributed by atoms with van der Waals surface area (Å²) in [5.74, 6) is -1.33. The van der Waals surface area contributed by atoms with Crippen molar-refractivity contribution in [1.82, 2.24) is 10.2 Å². The number of carboxylic acids is 1. The highest BCUT2D eigenvalue weighted by Crippen LogP contribution is 2.29. The zero-order valence-corrected chi connectivity index (χ0v) is 11.2. The van der Waals surface area contributed by atoms with Crippen LogP contribution in [0, 0.1) is 5.82 Å². The number of halogens is 1. The summed E-state index contributed by atoms with van der Waals surface area (Å²) < 4.78 is 12.8. The Balaban J connectivity index is 1.98. The van der Waals surface area contributed by atoms with Gasteiger partial charge < -0.3 is 15.3 Å². The average molecular weight is 280 g/mol. The number of likely N-dealkylation sites (tertiary alicyclic amines) is 1. The number of benzene rings is 1. The molecule has 2 amide bonds. The number of nitrogens with zero attached hydrogens (tertiary/aromatic N) is 1. The van der Waals surface area contributed by atoms with Gasteiger partial charge in [0.2, 0.25) is 0 Å². The summed E-state index contributed by atoms with van der Waals surface area (Å²) >= 11 is 0. The summed E-state index contributed by atoms with van der Waals surface area (Å²) in [5.41, 5.74) is -0.386. The highest BCUT2D eigenvalue weighted by molar-refractivity contribution is 5.86. The van der Waals surface area contributed by atoms with Crippen molar-refractivity contribution in [3.63, 3.8) is 0 Å². The second kappa shape index (κ2) is 5.48. The molecular formula is C14H17FN2O3. The number of aliphatic carboxylic acids is 1. The van der Waals surface area contributed by atoms with Gasteiger partial charge in [0, 0.05) is 13.1 Å². The molecular weight excluding hydrogens is 263 g/mol. The third kappa shape index (κ3) is 2.74. The molecule has 1 heterocycles. The molecule has 1 fully saturated rings. The molecule has 0 saturated carbocycles. The van der Waals surface area contributed by atoms with E-state index in [1.807, 2.05) is 0 Å². The number of carbonyl (C=O) groups excluding carboxylic acids is 1. The van der Waals surface area contributed by atoms with Gasteiger partial charge in [-0.1, -0.05) is 12.1 Å². The summed E-state index contributed by atoms with van der Waals surface area (Å²) in [6.07, 6.45) is 1.12. The molecule has 1 aliphatic rings. The van der Waals surface area contributed by atoms with Crippen LogP contribution in [0.3, 0.4) is 0 Å². The summed E-state index contributed by atoms with van der Waals surface area (Å²) in [6, 6.07) is 5.39. The Morgan fingerprint density at radius 2 is 2.05 bits per heavy atom. The van der Waals surface area contributed by atoms with Crippen molar-refractivity contribution < 1.29 is 19.1 Å². The van der Waals surface area contributed by atoms with Gasteiger partial charge in [-0.25, -0.2) is 14.0 Å². The van der Waals surface area contributed by atoms with Crippen LogP contribution in [0.25, 0.3) is 0 Å². The van der Waals surface area contributed by atoms with E-state index in [4.69, 9.17) is 0 Å². The predicted octanol–water partition coefficient (Wildman–Crippen LogP) is 1.97. The number of rotatable bonds is 3. The molecule has 1 saturated heterocycles. The maximum Gasteiger partial charge on any atom is 0.329 e. The van der Waals surface area contributed by atoms with Crippen molar-refractivity contribution >= 4 is 12.0 Å². The minimum atomic E-state index is -1.15. The highest BCUT2D eigenvalue weighted by atomic mass is 19.1. The van der Waals surface area contributed by atoms with Gasteiger partial charge in [-0.05, 0) is 37.5 Å². The number of urea groups is 1. The van der Waals surface area contributed by atoms with E-state index in [9.17, 15) is 19.1 Å². The molecule has 1 aliphatic heterocycles. The van der Waals surface area contributed by atoms with E-state index in [1.165, 1.54) is 17.0 Å². The summed E-state index contributed by atoms with van der Waals surface area (Å²) in [7, 11) is 0. The van der Waals surface area contributed by atoms with E-state index < -0.39 is 17.5 Å². The lowest BCUT2D eigenvalue weighted by Gasteiger charge is -2.31. The van der Waals surface area contributed by atoms with Gasteiger partial charge in [0.1, 0.15) is 11.4 Å². The fourth-order valence-corrected chi connectivity index (χ4v) is 2.39. The lowest BCUT2D eigenvalue weighted by atomic mass is 10.00. The van der Waals surface area contributed by atoms with Crippen LogP contribution in [-0.4, -0.2) is 34.1 Å². The third-order valence-corrected chi connectivity index (χ3v) is 3.70. The maximum atomic E-state index is 12.8.